The number of methoxy groups -OCH3 is 1. The molecule has 1 aromatic rings. The lowest BCUT2D eigenvalue weighted by molar-refractivity contribution is 0.144. The highest BCUT2D eigenvalue weighted by atomic mass is 35.5. The van der Waals surface area contributed by atoms with Crippen LogP contribution in [0.2, 0.25) is 5.02 Å². The maximum absolute atomic E-state index is 9.40. The molecule has 1 fully saturated rings. The van der Waals surface area contributed by atoms with Gasteiger partial charge in [-0.05, 0) is 31.7 Å². The van der Waals surface area contributed by atoms with Crippen molar-refractivity contribution in [3.63, 3.8) is 0 Å². The van der Waals surface area contributed by atoms with Crippen molar-refractivity contribution in [2.24, 2.45) is 0 Å². The van der Waals surface area contributed by atoms with Gasteiger partial charge in [-0.25, -0.2) is 0 Å². The second kappa shape index (κ2) is 6.30. The zero-order valence-electron chi connectivity index (χ0n) is 10.6. The molecular weight excluding hydrogens is 252 g/mol. The number of halogens is 1. The third-order valence-corrected chi connectivity index (χ3v) is 3.54. The number of benzene rings is 1. The molecule has 0 saturated heterocycles. The molecule has 0 bridgehead atoms. The predicted molar refractivity (Wildman–Crippen MR) is 71.4 cm³/mol. The molecule has 0 atom stereocenters. The van der Waals surface area contributed by atoms with Crippen LogP contribution in [0.1, 0.15) is 37.7 Å². The normalized spacial score (nSPS) is 16.6. The fourth-order valence-electron chi connectivity index (χ4n) is 2.38. The molecule has 0 amide bonds. The number of aliphatic hydroxyl groups is 1. The Labute approximate surface area is 113 Å². The van der Waals surface area contributed by atoms with E-state index in [2.05, 4.69) is 0 Å². The SMILES string of the molecule is COc1cc(Cl)cc(CO)c1OC1CCCCC1. The monoisotopic (exact) mass is 270 g/mol. The van der Waals surface area contributed by atoms with E-state index in [1.54, 1.807) is 19.2 Å². The molecule has 0 heterocycles. The Bertz CT molecular complexity index is 375. The van der Waals surface area contributed by atoms with Gasteiger partial charge in [0.2, 0.25) is 0 Å². The van der Waals surface area contributed by atoms with Crippen molar-refractivity contribution in [1.82, 2.24) is 0 Å². The van der Waals surface area contributed by atoms with Gasteiger partial charge in [0, 0.05) is 16.7 Å². The van der Waals surface area contributed by atoms with Crippen molar-refractivity contribution in [3.8, 4) is 11.5 Å². The highest BCUT2D eigenvalue weighted by molar-refractivity contribution is 6.30. The molecule has 2 rings (SSSR count). The summed E-state index contributed by atoms with van der Waals surface area (Å²) in [6.45, 7) is -0.0982. The Morgan fingerprint density at radius 1 is 1.28 bits per heavy atom. The van der Waals surface area contributed by atoms with Crippen molar-refractivity contribution in [3.05, 3.63) is 22.7 Å². The van der Waals surface area contributed by atoms with Crippen LogP contribution in [0.3, 0.4) is 0 Å². The van der Waals surface area contributed by atoms with Gasteiger partial charge in [0.15, 0.2) is 11.5 Å². The Hall–Kier alpha value is -0.930. The number of ether oxygens (including phenoxy) is 2. The smallest absolute Gasteiger partial charge is 0.167 e. The molecule has 1 aliphatic carbocycles. The number of hydrogen-bond donors (Lipinski definition) is 1. The van der Waals surface area contributed by atoms with Gasteiger partial charge in [-0.3, -0.25) is 0 Å². The van der Waals surface area contributed by atoms with Crippen molar-refractivity contribution >= 4 is 11.6 Å². The minimum absolute atomic E-state index is 0.0982. The van der Waals surface area contributed by atoms with E-state index in [-0.39, 0.29) is 12.7 Å². The second-order valence-electron chi connectivity index (χ2n) is 4.63. The van der Waals surface area contributed by atoms with Crippen LogP contribution in [-0.4, -0.2) is 18.3 Å². The summed E-state index contributed by atoms with van der Waals surface area (Å²) in [7, 11) is 1.58. The van der Waals surface area contributed by atoms with Crippen molar-refractivity contribution in [2.45, 2.75) is 44.8 Å². The largest absolute Gasteiger partial charge is 0.493 e. The summed E-state index contributed by atoms with van der Waals surface area (Å²) in [5, 5.41) is 9.95. The highest BCUT2D eigenvalue weighted by Crippen LogP contribution is 2.37. The topological polar surface area (TPSA) is 38.7 Å². The van der Waals surface area contributed by atoms with E-state index in [1.165, 1.54) is 19.3 Å². The third-order valence-electron chi connectivity index (χ3n) is 3.32. The Balaban J connectivity index is 2.23. The fourth-order valence-corrected chi connectivity index (χ4v) is 2.61. The first kappa shape index (κ1) is 13.5. The van der Waals surface area contributed by atoms with Gasteiger partial charge in [-0.1, -0.05) is 18.0 Å². The summed E-state index contributed by atoms with van der Waals surface area (Å²) >= 11 is 5.98. The van der Waals surface area contributed by atoms with Crippen LogP contribution in [0, 0.1) is 0 Å². The first-order chi connectivity index (χ1) is 8.74. The van der Waals surface area contributed by atoms with Gasteiger partial charge < -0.3 is 14.6 Å². The first-order valence-corrected chi connectivity index (χ1v) is 6.76. The third kappa shape index (κ3) is 3.09. The maximum Gasteiger partial charge on any atom is 0.167 e. The van der Waals surface area contributed by atoms with Crippen LogP contribution >= 0.6 is 11.6 Å². The molecule has 0 unspecified atom stereocenters. The minimum atomic E-state index is -0.0982. The van der Waals surface area contributed by atoms with Crippen LogP contribution in [0.5, 0.6) is 11.5 Å². The number of hydrogen-bond acceptors (Lipinski definition) is 3. The Kier molecular flexibility index (Phi) is 4.72. The van der Waals surface area contributed by atoms with Crippen LogP contribution in [-0.2, 0) is 6.61 Å². The maximum atomic E-state index is 9.40. The summed E-state index contributed by atoms with van der Waals surface area (Å²) in [4.78, 5) is 0. The summed E-state index contributed by atoms with van der Waals surface area (Å²) < 4.78 is 11.3. The summed E-state index contributed by atoms with van der Waals surface area (Å²) in [5.74, 6) is 1.23. The lowest BCUT2D eigenvalue weighted by Crippen LogP contribution is -2.20. The molecule has 100 valence electrons. The van der Waals surface area contributed by atoms with E-state index in [0.717, 1.165) is 12.8 Å². The van der Waals surface area contributed by atoms with Crippen LogP contribution in [0.4, 0.5) is 0 Å². The van der Waals surface area contributed by atoms with E-state index < -0.39 is 0 Å². The van der Waals surface area contributed by atoms with Gasteiger partial charge in [0.25, 0.3) is 0 Å². The second-order valence-corrected chi connectivity index (χ2v) is 5.07. The van der Waals surface area contributed by atoms with Gasteiger partial charge in [-0.2, -0.15) is 0 Å². The zero-order valence-corrected chi connectivity index (χ0v) is 11.4. The van der Waals surface area contributed by atoms with E-state index >= 15 is 0 Å². The van der Waals surface area contributed by atoms with Crippen molar-refractivity contribution < 1.29 is 14.6 Å². The molecule has 0 radical (unpaired) electrons. The van der Waals surface area contributed by atoms with Gasteiger partial charge in [0.1, 0.15) is 0 Å². The summed E-state index contributed by atoms with van der Waals surface area (Å²) in [5.41, 5.74) is 0.685. The Morgan fingerprint density at radius 3 is 2.61 bits per heavy atom. The number of aliphatic hydroxyl groups excluding tert-OH is 1. The Morgan fingerprint density at radius 2 is 2.00 bits per heavy atom. The molecule has 0 aromatic heterocycles. The lowest BCUT2D eigenvalue weighted by Gasteiger charge is -2.25. The fraction of sp³-hybridized carbons (Fsp3) is 0.571. The van der Waals surface area contributed by atoms with Crippen molar-refractivity contribution in [2.75, 3.05) is 7.11 Å². The minimum Gasteiger partial charge on any atom is -0.493 e. The first-order valence-electron chi connectivity index (χ1n) is 6.38. The molecule has 0 spiro atoms. The molecule has 3 nitrogen and oxygen atoms in total. The molecule has 1 aliphatic rings. The van der Waals surface area contributed by atoms with Crippen LogP contribution in [0.25, 0.3) is 0 Å². The summed E-state index contributed by atoms with van der Waals surface area (Å²) in [6, 6.07) is 3.45. The zero-order chi connectivity index (χ0) is 13.0. The predicted octanol–water partition coefficient (Wildman–Crippen LogP) is 3.55. The van der Waals surface area contributed by atoms with Gasteiger partial charge >= 0.3 is 0 Å². The molecule has 4 heteroatoms. The van der Waals surface area contributed by atoms with E-state index in [1.807, 2.05) is 0 Å². The molecule has 1 saturated carbocycles. The summed E-state index contributed by atoms with van der Waals surface area (Å²) in [6.07, 6.45) is 6.04. The molecule has 0 aliphatic heterocycles. The number of rotatable bonds is 4. The molecule has 18 heavy (non-hydrogen) atoms. The molecular formula is C14H19ClO3. The van der Waals surface area contributed by atoms with Crippen LogP contribution < -0.4 is 9.47 Å². The van der Waals surface area contributed by atoms with E-state index in [0.29, 0.717) is 22.1 Å². The highest BCUT2D eigenvalue weighted by Gasteiger charge is 2.19. The van der Waals surface area contributed by atoms with Crippen molar-refractivity contribution in [1.29, 1.82) is 0 Å². The van der Waals surface area contributed by atoms with Crippen LogP contribution in [0.15, 0.2) is 12.1 Å². The molecule has 1 N–H and O–H groups in total. The van der Waals surface area contributed by atoms with E-state index in [9.17, 15) is 5.11 Å². The standard InChI is InChI=1S/C14H19ClO3/c1-17-13-8-11(15)7-10(9-16)14(13)18-12-5-3-2-4-6-12/h7-8,12,16H,2-6,9H2,1H3. The lowest BCUT2D eigenvalue weighted by atomic mass is 9.97. The molecule has 1 aromatic carbocycles. The van der Waals surface area contributed by atoms with Gasteiger partial charge in [0.05, 0.1) is 19.8 Å². The quantitative estimate of drug-likeness (QED) is 0.909. The average Bonchev–Trinajstić information content (AvgIpc) is 2.41. The van der Waals surface area contributed by atoms with E-state index in [4.69, 9.17) is 21.1 Å². The van der Waals surface area contributed by atoms with Gasteiger partial charge in [-0.15, -0.1) is 0 Å². The average molecular weight is 271 g/mol.